The van der Waals surface area contributed by atoms with Crippen molar-refractivity contribution in [2.75, 3.05) is 18.2 Å². The number of nitrogens with one attached hydrogen (secondary N) is 2. The molecule has 2 N–H and O–H groups in total. The normalized spacial score (nSPS) is 11.8. The standard InChI is InChI=1S/C25H24F3N7O4S/c1-5-40(37,38)34-22(36)18-11-16(12-29-23(18)39-4)19-13-30-24(31-17-9-14(2)8-15(3)10-17)32-21(19)35-7-6-20(33-35)25(26,27)28/h6-13H,5H2,1-4H3,(H,34,36)(H,30,31,32). The van der Waals surface area contributed by atoms with Gasteiger partial charge in [-0.05, 0) is 56.2 Å². The SMILES string of the molecule is CCS(=O)(=O)NC(=O)c1cc(-c2cnc(Nc3cc(C)cc(C)c3)nc2-n2ccc(C(F)(F)F)n2)cnc1OC. The Hall–Kier alpha value is -4.53. The quantitative estimate of drug-likeness (QED) is 0.316. The van der Waals surface area contributed by atoms with Crippen LogP contribution < -0.4 is 14.8 Å². The lowest BCUT2D eigenvalue weighted by molar-refractivity contribution is -0.141. The number of carbonyl (C=O) groups excluding carboxylic acids is 1. The lowest BCUT2D eigenvalue weighted by Crippen LogP contribution is -2.32. The van der Waals surface area contributed by atoms with Gasteiger partial charge in [0.2, 0.25) is 21.9 Å². The summed E-state index contributed by atoms with van der Waals surface area (Å²) in [7, 11) is -2.66. The molecule has 0 spiro atoms. The number of amides is 1. The number of aromatic nitrogens is 5. The van der Waals surface area contributed by atoms with Crippen LogP contribution in [0.25, 0.3) is 16.9 Å². The minimum Gasteiger partial charge on any atom is -0.480 e. The van der Waals surface area contributed by atoms with Gasteiger partial charge in [0, 0.05) is 35.4 Å². The fraction of sp³-hybridized carbons (Fsp3) is 0.240. The number of alkyl halides is 3. The van der Waals surface area contributed by atoms with E-state index in [0.717, 1.165) is 28.1 Å². The highest BCUT2D eigenvalue weighted by Gasteiger charge is 2.34. The van der Waals surface area contributed by atoms with Crippen LogP contribution in [0.1, 0.15) is 34.1 Å². The number of nitrogens with zero attached hydrogens (tertiary/aromatic N) is 5. The number of ether oxygens (including phenoxy) is 1. The Labute approximate surface area is 227 Å². The molecule has 3 heterocycles. The Balaban J connectivity index is 1.85. The second-order valence-electron chi connectivity index (χ2n) is 8.69. The molecular formula is C25H24F3N7O4S. The van der Waals surface area contributed by atoms with Gasteiger partial charge in [0.25, 0.3) is 5.91 Å². The fourth-order valence-electron chi connectivity index (χ4n) is 3.77. The maximum atomic E-state index is 13.3. The third-order valence-electron chi connectivity index (χ3n) is 5.57. The largest absolute Gasteiger partial charge is 0.480 e. The minimum absolute atomic E-state index is 0.0584. The summed E-state index contributed by atoms with van der Waals surface area (Å²) in [4.78, 5) is 25.6. The van der Waals surface area contributed by atoms with Crippen LogP contribution >= 0.6 is 0 Å². The average Bonchev–Trinajstić information content (AvgIpc) is 3.39. The van der Waals surface area contributed by atoms with Gasteiger partial charge in [-0.1, -0.05) is 6.07 Å². The average molecular weight is 576 g/mol. The number of benzene rings is 1. The number of pyridine rings is 1. The number of anilines is 2. The van der Waals surface area contributed by atoms with E-state index in [-0.39, 0.29) is 40.1 Å². The maximum absolute atomic E-state index is 13.3. The molecule has 0 aliphatic rings. The summed E-state index contributed by atoms with van der Waals surface area (Å²) in [6.45, 7) is 5.18. The smallest absolute Gasteiger partial charge is 0.435 e. The summed E-state index contributed by atoms with van der Waals surface area (Å²) < 4.78 is 71.9. The van der Waals surface area contributed by atoms with Crippen LogP contribution in [0.2, 0.25) is 0 Å². The van der Waals surface area contributed by atoms with Crippen molar-refractivity contribution in [2.24, 2.45) is 0 Å². The number of hydrogen-bond donors (Lipinski definition) is 2. The summed E-state index contributed by atoms with van der Waals surface area (Å²) in [6, 6.07) is 7.74. The van der Waals surface area contributed by atoms with Crippen molar-refractivity contribution in [3.8, 4) is 22.8 Å². The highest BCUT2D eigenvalue weighted by molar-refractivity contribution is 7.90. The summed E-state index contributed by atoms with van der Waals surface area (Å²) in [5.74, 6) is -1.50. The van der Waals surface area contributed by atoms with Gasteiger partial charge in [-0.2, -0.15) is 23.3 Å². The number of rotatable bonds is 8. The van der Waals surface area contributed by atoms with Crippen molar-refractivity contribution in [3.05, 3.63) is 71.3 Å². The van der Waals surface area contributed by atoms with E-state index in [2.05, 4.69) is 25.4 Å². The van der Waals surface area contributed by atoms with E-state index in [1.807, 2.05) is 36.8 Å². The molecule has 15 heteroatoms. The predicted octanol–water partition coefficient (Wildman–Crippen LogP) is 4.19. The second kappa shape index (κ2) is 10.9. The topological polar surface area (TPSA) is 141 Å². The molecule has 1 amide bonds. The maximum Gasteiger partial charge on any atom is 0.435 e. The van der Waals surface area contributed by atoms with Gasteiger partial charge in [0.05, 0.1) is 12.9 Å². The van der Waals surface area contributed by atoms with Crippen LogP contribution in [0, 0.1) is 13.8 Å². The molecule has 0 aliphatic carbocycles. The van der Waals surface area contributed by atoms with Crippen molar-refractivity contribution in [2.45, 2.75) is 26.9 Å². The molecule has 0 saturated heterocycles. The first-order valence-electron chi connectivity index (χ1n) is 11.7. The zero-order valence-electron chi connectivity index (χ0n) is 21.7. The Bertz CT molecular complexity index is 1670. The first-order valence-corrected chi connectivity index (χ1v) is 13.4. The van der Waals surface area contributed by atoms with Crippen LogP contribution in [-0.2, 0) is 16.2 Å². The van der Waals surface area contributed by atoms with Gasteiger partial charge in [-0.25, -0.2) is 27.8 Å². The van der Waals surface area contributed by atoms with Crippen LogP contribution in [0.5, 0.6) is 5.88 Å². The monoisotopic (exact) mass is 575 g/mol. The number of halogens is 3. The van der Waals surface area contributed by atoms with Crippen LogP contribution in [0.4, 0.5) is 24.8 Å². The molecule has 11 nitrogen and oxygen atoms in total. The van der Waals surface area contributed by atoms with Gasteiger partial charge < -0.3 is 10.1 Å². The van der Waals surface area contributed by atoms with E-state index in [1.54, 1.807) is 0 Å². The van der Waals surface area contributed by atoms with Crippen molar-refractivity contribution in [3.63, 3.8) is 0 Å². The predicted molar refractivity (Wildman–Crippen MR) is 140 cm³/mol. The van der Waals surface area contributed by atoms with Crippen LogP contribution in [0.3, 0.4) is 0 Å². The second-order valence-corrected chi connectivity index (χ2v) is 10.7. The van der Waals surface area contributed by atoms with E-state index in [4.69, 9.17) is 4.74 Å². The highest BCUT2D eigenvalue weighted by atomic mass is 32.2. The van der Waals surface area contributed by atoms with Crippen molar-refractivity contribution < 1.29 is 31.1 Å². The number of aryl methyl sites for hydroxylation is 2. The molecule has 4 aromatic rings. The molecule has 0 atom stereocenters. The molecule has 0 aliphatic heterocycles. The Kier molecular flexibility index (Phi) is 7.77. The Morgan fingerprint density at radius 3 is 2.38 bits per heavy atom. The summed E-state index contributed by atoms with van der Waals surface area (Å²) in [6.07, 6.45) is -0.989. The zero-order valence-corrected chi connectivity index (χ0v) is 22.6. The number of carbonyl (C=O) groups is 1. The van der Waals surface area contributed by atoms with Crippen molar-refractivity contribution in [1.82, 2.24) is 29.5 Å². The lowest BCUT2D eigenvalue weighted by atomic mass is 10.1. The molecule has 40 heavy (non-hydrogen) atoms. The highest BCUT2D eigenvalue weighted by Crippen LogP contribution is 2.32. The van der Waals surface area contributed by atoms with Gasteiger partial charge in [-0.15, -0.1) is 0 Å². The number of hydrogen-bond acceptors (Lipinski definition) is 9. The Morgan fingerprint density at radius 2 is 1.77 bits per heavy atom. The zero-order chi connectivity index (χ0) is 29.2. The summed E-state index contributed by atoms with van der Waals surface area (Å²) in [5, 5.41) is 6.67. The van der Waals surface area contributed by atoms with Gasteiger partial charge >= 0.3 is 6.18 Å². The Morgan fingerprint density at radius 1 is 1.07 bits per heavy atom. The number of methoxy groups -OCH3 is 1. The molecule has 0 bridgehead atoms. The summed E-state index contributed by atoms with van der Waals surface area (Å²) in [5.41, 5.74) is 1.59. The van der Waals surface area contributed by atoms with E-state index >= 15 is 0 Å². The van der Waals surface area contributed by atoms with Gasteiger partial charge in [0.15, 0.2) is 11.5 Å². The van der Waals surface area contributed by atoms with E-state index in [9.17, 15) is 26.4 Å². The molecule has 0 radical (unpaired) electrons. The molecule has 0 saturated carbocycles. The molecule has 210 valence electrons. The van der Waals surface area contributed by atoms with Crippen molar-refractivity contribution in [1.29, 1.82) is 0 Å². The first kappa shape index (κ1) is 28.5. The van der Waals surface area contributed by atoms with Crippen LogP contribution in [0.15, 0.2) is 48.9 Å². The number of sulfonamides is 1. The molecule has 3 aromatic heterocycles. The van der Waals surface area contributed by atoms with E-state index in [1.165, 1.54) is 32.5 Å². The first-order chi connectivity index (χ1) is 18.8. The molecule has 0 unspecified atom stereocenters. The van der Waals surface area contributed by atoms with Crippen LogP contribution in [-0.4, -0.2) is 51.9 Å². The van der Waals surface area contributed by atoms with Gasteiger partial charge in [0.1, 0.15) is 5.56 Å². The molecule has 4 rings (SSSR count). The third-order valence-corrected chi connectivity index (χ3v) is 6.83. The van der Waals surface area contributed by atoms with E-state index < -0.39 is 27.8 Å². The van der Waals surface area contributed by atoms with Crippen molar-refractivity contribution >= 4 is 27.6 Å². The fourth-order valence-corrected chi connectivity index (χ4v) is 4.31. The molecule has 1 aromatic carbocycles. The van der Waals surface area contributed by atoms with E-state index in [0.29, 0.717) is 5.69 Å². The molecule has 0 fully saturated rings. The minimum atomic E-state index is -4.70. The summed E-state index contributed by atoms with van der Waals surface area (Å²) >= 11 is 0. The third kappa shape index (κ3) is 6.36. The molecular weight excluding hydrogens is 551 g/mol. The van der Waals surface area contributed by atoms with Gasteiger partial charge in [-0.3, -0.25) is 4.79 Å². The lowest BCUT2D eigenvalue weighted by Gasteiger charge is -2.14.